The Hall–Kier alpha value is -1.80. The number of likely N-dealkylation sites (tertiary alicyclic amines) is 1. The Morgan fingerprint density at radius 2 is 1.73 bits per heavy atom. The molecule has 1 atom stereocenters. The number of nitrogens with zero attached hydrogens (tertiary/aromatic N) is 3. The Kier molecular flexibility index (Phi) is 5.99. The van der Waals surface area contributed by atoms with E-state index in [0.29, 0.717) is 44.7 Å². The van der Waals surface area contributed by atoms with Crippen molar-refractivity contribution in [2.24, 2.45) is 0 Å². The van der Waals surface area contributed by atoms with Crippen molar-refractivity contribution >= 4 is 11.6 Å². The summed E-state index contributed by atoms with van der Waals surface area (Å²) >= 11 is 0. The van der Waals surface area contributed by atoms with Gasteiger partial charge < -0.3 is 14.9 Å². The fourth-order valence-electron chi connectivity index (χ4n) is 5.13. The first-order valence-electron chi connectivity index (χ1n) is 10.9. The lowest BCUT2D eigenvalue weighted by Crippen LogP contribution is -2.58. The fourth-order valence-corrected chi connectivity index (χ4v) is 5.13. The maximum Gasteiger partial charge on any atom is 0.416 e. The normalized spacial score (nSPS) is 25.5. The van der Waals surface area contributed by atoms with Crippen LogP contribution in [0.2, 0.25) is 0 Å². The van der Waals surface area contributed by atoms with Gasteiger partial charge in [-0.25, -0.2) is 0 Å². The summed E-state index contributed by atoms with van der Waals surface area (Å²) in [7, 11) is 0. The molecule has 0 unspecified atom stereocenters. The summed E-state index contributed by atoms with van der Waals surface area (Å²) in [6, 6.07) is 5.76. The molecule has 5 nitrogen and oxygen atoms in total. The highest BCUT2D eigenvalue weighted by molar-refractivity contribution is 5.85. The highest BCUT2D eigenvalue weighted by Crippen LogP contribution is 2.33. The number of aliphatic hydroxyl groups is 1. The number of hydrogen-bond acceptors (Lipinski definition) is 4. The van der Waals surface area contributed by atoms with Crippen molar-refractivity contribution in [3.8, 4) is 0 Å². The number of carbonyl (C=O) groups is 1. The molecule has 0 spiro atoms. The van der Waals surface area contributed by atoms with Crippen LogP contribution in [0.5, 0.6) is 0 Å². The zero-order valence-electron chi connectivity index (χ0n) is 17.2. The minimum Gasteiger partial charge on any atom is -0.380 e. The highest BCUT2D eigenvalue weighted by atomic mass is 19.4. The molecule has 0 bridgehead atoms. The second-order valence-corrected chi connectivity index (χ2v) is 8.86. The molecule has 2 aliphatic heterocycles. The largest absolute Gasteiger partial charge is 0.416 e. The maximum atomic E-state index is 13.0. The molecule has 1 aromatic rings. The lowest BCUT2D eigenvalue weighted by atomic mass is 9.96. The van der Waals surface area contributed by atoms with E-state index < -0.39 is 17.3 Å². The van der Waals surface area contributed by atoms with Crippen LogP contribution in [0.1, 0.15) is 44.1 Å². The van der Waals surface area contributed by atoms with Crippen LogP contribution in [0.25, 0.3) is 0 Å². The standard InChI is InChI=1S/C22H30F3N3O2/c23-22(24,25)17-5-3-6-18(15-17)26-11-13-27(14-12-26)19-7-4-10-28(16-19)20(29)21(30)8-1-2-9-21/h3,5-6,15,19,30H,1-2,4,7-14,16H2/t19-/m0/s1. The van der Waals surface area contributed by atoms with Gasteiger partial charge in [-0.2, -0.15) is 13.2 Å². The highest BCUT2D eigenvalue weighted by Gasteiger charge is 2.43. The average Bonchev–Trinajstić information content (AvgIpc) is 3.21. The molecule has 2 saturated heterocycles. The Bertz CT molecular complexity index is 756. The molecule has 0 radical (unpaired) electrons. The molecule has 1 amide bonds. The average molecular weight is 425 g/mol. The van der Waals surface area contributed by atoms with E-state index in [1.807, 2.05) is 9.80 Å². The van der Waals surface area contributed by atoms with Gasteiger partial charge in [0.15, 0.2) is 0 Å². The second kappa shape index (κ2) is 8.38. The van der Waals surface area contributed by atoms with Crippen molar-refractivity contribution in [1.82, 2.24) is 9.80 Å². The van der Waals surface area contributed by atoms with Crippen molar-refractivity contribution < 1.29 is 23.1 Å². The number of piperazine rings is 1. The van der Waals surface area contributed by atoms with Crippen LogP contribution in [-0.4, -0.2) is 71.7 Å². The van der Waals surface area contributed by atoms with Gasteiger partial charge >= 0.3 is 6.18 Å². The van der Waals surface area contributed by atoms with Gasteiger partial charge in [0.1, 0.15) is 5.60 Å². The summed E-state index contributed by atoms with van der Waals surface area (Å²) in [6.45, 7) is 4.17. The topological polar surface area (TPSA) is 47.0 Å². The maximum absolute atomic E-state index is 13.0. The first kappa shape index (κ1) is 21.4. The molecular weight excluding hydrogens is 395 g/mol. The van der Waals surface area contributed by atoms with Crippen LogP contribution in [-0.2, 0) is 11.0 Å². The number of anilines is 1. The molecular formula is C22H30F3N3O2. The van der Waals surface area contributed by atoms with E-state index in [9.17, 15) is 23.1 Å². The fraction of sp³-hybridized carbons (Fsp3) is 0.682. The van der Waals surface area contributed by atoms with Gasteiger partial charge in [-0.15, -0.1) is 0 Å². The van der Waals surface area contributed by atoms with Crippen LogP contribution in [0.3, 0.4) is 0 Å². The van der Waals surface area contributed by atoms with Gasteiger partial charge in [0, 0.05) is 51.0 Å². The molecule has 30 heavy (non-hydrogen) atoms. The van der Waals surface area contributed by atoms with Gasteiger partial charge in [0.2, 0.25) is 0 Å². The zero-order chi connectivity index (χ0) is 21.4. The molecule has 0 aromatic heterocycles. The van der Waals surface area contributed by atoms with E-state index in [2.05, 4.69) is 4.90 Å². The number of carbonyl (C=O) groups excluding carboxylic acids is 1. The predicted octanol–water partition coefficient (Wildman–Crippen LogP) is 3.12. The van der Waals surface area contributed by atoms with Gasteiger partial charge in [-0.05, 0) is 56.7 Å². The number of benzene rings is 1. The Morgan fingerprint density at radius 1 is 1.03 bits per heavy atom. The van der Waals surface area contributed by atoms with Crippen molar-refractivity contribution in [3.05, 3.63) is 29.8 Å². The smallest absolute Gasteiger partial charge is 0.380 e. The van der Waals surface area contributed by atoms with Gasteiger partial charge in [-0.1, -0.05) is 6.07 Å². The van der Waals surface area contributed by atoms with Gasteiger partial charge in [-0.3, -0.25) is 9.69 Å². The number of piperidine rings is 1. The minimum atomic E-state index is -4.33. The first-order valence-corrected chi connectivity index (χ1v) is 10.9. The molecule has 3 aliphatic rings. The van der Waals surface area contributed by atoms with Crippen molar-refractivity contribution in [2.75, 3.05) is 44.2 Å². The zero-order valence-corrected chi connectivity index (χ0v) is 17.2. The third kappa shape index (κ3) is 4.44. The van der Waals surface area contributed by atoms with Crippen LogP contribution >= 0.6 is 0 Å². The third-order valence-electron chi connectivity index (χ3n) is 6.88. The first-order chi connectivity index (χ1) is 14.3. The van der Waals surface area contributed by atoms with Gasteiger partial charge in [0.25, 0.3) is 5.91 Å². The van der Waals surface area contributed by atoms with Crippen LogP contribution in [0.15, 0.2) is 24.3 Å². The Morgan fingerprint density at radius 3 is 2.40 bits per heavy atom. The summed E-state index contributed by atoms with van der Waals surface area (Å²) in [4.78, 5) is 19.0. The van der Waals surface area contributed by atoms with E-state index in [-0.39, 0.29) is 11.9 Å². The van der Waals surface area contributed by atoms with Crippen LogP contribution in [0, 0.1) is 0 Å². The van der Waals surface area contributed by atoms with Crippen molar-refractivity contribution in [3.63, 3.8) is 0 Å². The Labute approximate surface area is 175 Å². The summed E-state index contributed by atoms with van der Waals surface area (Å²) in [6.07, 6.45) is 0.505. The number of alkyl halides is 3. The van der Waals surface area contributed by atoms with Crippen LogP contribution < -0.4 is 4.90 Å². The monoisotopic (exact) mass is 425 g/mol. The molecule has 3 fully saturated rings. The lowest BCUT2D eigenvalue weighted by Gasteiger charge is -2.45. The van der Waals surface area contributed by atoms with Crippen LogP contribution in [0.4, 0.5) is 18.9 Å². The second-order valence-electron chi connectivity index (χ2n) is 8.86. The third-order valence-corrected chi connectivity index (χ3v) is 6.88. The molecule has 2 heterocycles. The summed E-state index contributed by atoms with van der Waals surface area (Å²) in [5.41, 5.74) is -1.19. The SMILES string of the molecule is O=C(N1CCC[C@H](N2CCN(c3cccc(C(F)(F)F)c3)CC2)C1)C1(O)CCCC1. The van der Waals surface area contributed by atoms with Gasteiger partial charge in [0.05, 0.1) is 5.56 Å². The molecule has 8 heteroatoms. The molecule has 1 N–H and O–H groups in total. The summed E-state index contributed by atoms with van der Waals surface area (Å²) in [5.74, 6) is -0.118. The lowest BCUT2D eigenvalue weighted by molar-refractivity contribution is -0.153. The van der Waals surface area contributed by atoms with E-state index in [4.69, 9.17) is 0 Å². The quantitative estimate of drug-likeness (QED) is 0.809. The number of amides is 1. The predicted molar refractivity (Wildman–Crippen MR) is 108 cm³/mol. The summed E-state index contributed by atoms with van der Waals surface area (Å²) < 4.78 is 39.0. The minimum absolute atomic E-state index is 0.118. The molecule has 166 valence electrons. The summed E-state index contributed by atoms with van der Waals surface area (Å²) in [5, 5.41) is 10.7. The van der Waals surface area contributed by atoms with E-state index in [1.165, 1.54) is 12.1 Å². The van der Waals surface area contributed by atoms with E-state index in [0.717, 1.165) is 44.8 Å². The van der Waals surface area contributed by atoms with Crippen molar-refractivity contribution in [2.45, 2.75) is 56.3 Å². The molecule has 4 rings (SSSR count). The number of hydrogen-bond donors (Lipinski definition) is 1. The van der Waals surface area contributed by atoms with E-state index in [1.54, 1.807) is 6.07 Å². The van der Waals surface area contributed by atoms with Crippen molar-refractivity contribution in [1.29, 1.82) is 0 Å². The molecule has 1 aliphatic carbocycles. The number of rotatable bonds is 3. The molecule has 1 saturated carbocycles. The number of halogens is 3. The van der Waals surface area contributed by atoms with E-state index >= 15 is 0 Å². The molecule has 1 aromatic carbocycles. The Balaban J connectivity index is 1.34.